The number of likely N-dealkylation sites (tertiary alicyclic amines) is 1. The molecule has 2 rings (SSSR count). The number of aliphatic carboxylic acids is 1. The van der Waals surface area contributed by atoms with Gasteiger partial charge in [0.15, 0.2) is 0 Å². The molecule has 1 amide bonds. The third-order valence-corrected chi connectivity index (χ3v) is 5.78. The summed E-state index contributed by atoms with van der Waals surface area (Å²) < 4.78 is 41.2. The first kappa shape index (κ1) is 15.7. The molecule has 9 nitrogen and oxygen atoms in total. The lowest BCUT2D eigenvalue weighted by Crippen LogP contribution is -2.55. The van der Waals surface area contributed by atoms with Gasteiger partial charge in [0.25, 0.3) is 0 Å². The highest BCUT2D eigenvalue weighted by molar-refractivity contribution is 5.88. The van der Waals surface area contributed by atoms with Crippen molar-refractivity contribution in [3.8, 4) is 0 Å². The molecule has 0 bridgehead atoms. The van der Waals surface area contributed by atoms with Crippen molar-refractivity contribution in [2.45, 2.75) is 89.8 Å². The van der Waals surface area contributed by atoms with Gasteiger partial charge in [-0.1, -0.05) is 26.2 Å². The van der Waals surface area contributed by atoms with E-state index in [-0.39, 0.29) is 18.4 Å². The second-order valence-electron chi connectivity index (χ2n) is 7.41. The lowest BCUT2D eigenvalue weighted by atomic mass is 9.84. The van der Waals surface area contributed by atoms with Crippen LogP contribution in [0.1, 0.15) is 72.5 Å². The molecule has 0 aromatic rings. The summed E-state index contributed by atoms with van der Waals surface area (Å²) in [6.45, 7) is -3.59. The van der Waals surface area contributed by atoms with Gasteiger partial charge < -0.3 is 14.7 Å². The minimum absolute atomic E-state index is 0.0385. The summed E-state index contributed by atoms with van der Waals surface area (Å²) >= 11 is 0. The smallest absolute Gasteiger partial charge is 0.330 e. The number of carboxylic acids is 1. The Hall–Kier alpha value is -2.19. The van der Waals surface area contributed by atoms with Crippen molar-refractivity contribution in [3.05, 3.63) is 4.91 Å². The Bertz CT molecular complexity index is 765. The van der Waals surface area contributed by atoms with Gasteiger partial charge in [0, 0.05) is 10.2 Å². The predicted octanol–water partition coefficient (Wildman–Crippen LogP) is 2.33. The van der Waals surface area contributed by atoms with Crippen molar-refractivity contribution in [2.24, 2.45) is 11.2 Å². The quantitative estimate of drug-likeness (QED) is 0.357. The maximum atomic E-state index is 13.4. The molecule has 1 saturated heterocycles. The zero-order valence-corrected chi connectivity index (χ0v) is 16.2. The van der Waals surface area contributed by atoms with Gasteiger partial charge in [0.2, 0.25) is 5.91 Å². The summed E-state index contributed by atoms with van der Waals surface area (Å²) in [4.78, 5) is 50.9. The predicted molar refractivity (Wildman–Crippen MR) is 101 cm³/mol. The first-order valence-corrected chi connectivity index (χ1v) is 9.66. The molecule has 5 atom stereocenters. The van der Waals surface area contributed by atoms with Gasteiger partial charge in [0.1, 0.15) is 18.1 Å². The molecule has 1 saturated carbocycles. The lowest BCUT2D eigenvalue weighted by Gasteiger charge is -2.37. The van der Waals surface area contributed by atoms with Gasteiger partial charge in [-0.15, -0.1) is 4.91 Å². The minimum Gasteiger partial charge on any atom is -0.480 e. The number of amides is 1. The van der Waals surface area contributed by atoms with Crippen molar-refractivity contribution in [1.82, 2.24) is 9.91 Å². The SMILES string of the molecule is [2H]C([2H])([2H])C([2H])([2H])OC(=O)[C@H](CCC)N(N=O)[C@@H](C)C(=O)N1[C@H](C(=O)O)C[C@@H]2CCCC[C@@H]21. The fourth-order valence-corrected chi connectivity index (χ4v) is 4.47. The molecule has 1 N–H and O–H groups in total. The Morgan fingerprint density at radius 3 is 2.71 bits per heavy atom. The number of carbonyl (C=O) groups excluding carboxylic acids is 2. The van der Waals surface area contributed by atoms with Gasteiger partial charge in [-0.25, -0.2) is 14.6 Å². The van der Waals surface area contributed by atoms with Gasteiger partial charge in [0.05, 0.1) is 14.6 Å². The van der Waals surface area contributed by atoms with Crippen LogP contribution in [-0.4, -0.2) is 63.6 Å². The Morgan fingerprint density at radius 2 is 2.11 bits per heavy atom. The van der Waals surface area contributed by atoms with Crippen molar-refractivity contribution in [3.63, 3.8) is 0 Å². The van der Waals surface area contributed by atoms with Gasteiger partial charge in [-0.3, -0.25) is 4.79 Å². The number of esters is 1. The Balaban J connectivity index is 2.29. The first-order chi connectivity index (χ1) is 15.3. The molecule has 0 aromatic carbocycles. The fourth-order valence-electron chi connectivity index (χ4n) is 4.47. The third-order valence-electron chi connectivity index (χ3n) is 5.78. The van der Waals surface area contributed by atoms with E-state index in [0.29, 0.717) is 24.3 Å². The molecular weight excluding hydrogens is 366 g/mol. The summed E-state index contributed by atoms with van der Waals surface area (Å²) in [6, 6.07) is -4.20. The number of ether oxygens (including phenoxy) is 1. The number of carboxylic acid groups (broad SMARTS) is 1. The molecule has 1 heterocycles. The number of nitroso groups, excluding NO2 is 1. The average Bonchev–Trinajstić information content (AvgIpc) is 3.11. The van der Waals surface area contributed by atoms with E-state index in [1.54, 1.807) is 6.92 Å². The number of hydrogen-bond donors (Lipinski definition) is 1. The van der Waals surface area contributed by atoms with Gasteiger partial charge in [-0.05, 0) is 45.4 Å². The van der Waals surface area contributed by atoms with Crippen LogP contribution in [0.5, 0.6) is 0 Å². The Kier molecular flexibility index (Phi) is 5.52. The molecule has 1 aliphatic heterocycles. The van der Waals surface area contributed by atoms with Gasteiger partial charge >= 0.3 is 11.9 Å². The second kappa shape index (κ2) is 9.84. The topological polar surface area (TPSA) is 117 Å². The van der Waals surface area contributed by atoms with Crippen LogP contribution in [0.2, 0.25) is 0 Å². The third kappa shape index (κ3) is 4.44. The highest BCUT2D eigenvalue weighted by Gasteiger charge is 2.49. The summed E-state index contributed by atoms with van der Waals surface area (Å²) in [5.74, 6) is -3.13. The second-order valence-corrected chi connectivity index (χ2v) is 7.41. The Labute approximate surface area is 172 Å². The molecule has 28 heavy (non-hydrogen) atoms. The molecule has 2 fully saturated rings. The molecule has 0 spiro atoms. The van der Waals surface area contributed by atoms with E-state index in [0.717, 1.165) is 19.3 Å². The van der Waals surface area contributed by atoms with E-state index in [1.807, 2.05) is 0 Å². The fraction of sp³-hybridized carbons (Fsp3) is 0.842. The zero-order valence-electron chi connectivity index (χ0n) is 21.2. The average molecular weight is 403 g/mol. The molecule has 158 valence electrons. The van der Waals surface area contributed by atoms with E-state index >= 15 is 0 Å². The molecule has 9 heteroatoms. The van der Waals surface area contributed by atoms with Crippen LogP contribution in [-0.2, 0) is 19.1 Å². The summed E-state index contributed by atoms with van der Waals surface area (Å²) in [5, 5.41) is 13.1. The molecule has 0 unspecified atom stereocenters. The van der Waals surface area contributed by atoms with Crippen molar-refractivity contribution >= 4 is 17.8 Å². The van der Waals surface area contributed by atoms with E-state index in [9.17, 15) is 24.4 Å². The summed E-state index contributed by atoms with van der Waals surface area (Å²) in [7, 11) is 0. The molecule has 0 aromatic heterocycles. The molecule has 2 aliphatic rings. The van der Waals surface area contributed by atoms with Crippen LogP contribution in [0.4, 0.5) is 0 Å². The summed E-state index contributed by atoms with van der Waals surface area (Å²) in [6.07, 6.45) is 3.80. The van der Waals surface area contributed by atoms with Crippen LogP contribution in [0.3, 0.4) is 0 Å². The van der Waals surface area contributed by atoms with Crippen molar-refractivity contribution in [2.75, 3.05) is 6.56 Å². The van der Waals surface area contributed by atoms with Crippen LogP contribution >= 0.6 is 0 Å². The number of fused-ring (bicyclic) bond motifs is 1. The van der Waals surface area contributed by atoms with Crippen LogP contribution in [0.15, 0.2) is 5.29 Å². The maximum Gasteiger partial charge on any atom is 0.330 e. The molecular formula is C19H31N3O6. The normalized spacial score (nSPS) is 29.7. The highest BCUT2D eigenvalue weighted by atomic mass is 16.5. The monoisotopic (exact) mass is 402 g/mol. The van der Waals surface area contributed by atoms with E-state index in [1.165, 1.54) is 11.8 Å². The minimum atomic E-state index is -3.31. The van der Waals surface area contributed by atoms with Crippen LogP contribution in [0, 0.1) is 10.8 Å². The standard InChI is InChI=1S/C19H31N3O6/c1-4-8-15(19(26)28-5-2)22(20-27)12(3)17(23)21-14-10-7-6-9-13(14)11-16(21)18(24)25/h12-16H,4-11H2,1-3H3,(H,24,25)/t12-,13-,14-,15-,16-/m0/s1/i2D3,5D2. The van der Waals surface area contributed by atoms with E-state index < -0.39 is 49.4 Å². The molecule has 0 radical (unpaired) electrons. The van der Waals surface area contributed by atoms with Crippen LogP contribution in [0.25, 0.3) is 0 Å². The zero-order chi connectivity index (χ0) is 25.1. The van der Waals surface area contributed by atoms with E-state index in [4.69, 9.17) is 6.85 Å². The van der Waals surface area contributed by atoms with Gasteiger partial charge in [-0.2, -0.15) is 0 Å². The highest BCUT2D eigenvalue weighted by Crippen LogP contribution is 2.40. The first-order valence-electron chi connectivity index (χ1n) is 12.2. The Morgan fingerprint density at radius 1 is 1.39 bits per heavy atom. The van der Waals surface area contributed by atoms with Crippen LogP contribution < -0.4 is 0 Å². The summed E-state index contributed by atoms with van der Waals surface area (Å²) in [5.41, 5.74) is 0. The maximum absolute atomic E-state index is 13.4. The largest absolute Gasteiger partial charge is 0.480 e. The number of carbonyl (C=O) groups is 3. The lowest BCUT2D eigenvalue weighted by molar-refractivity contribution is -0.157. The number of nitrogens with zero attached hydrogens (tertiary/aromatic N) is 3. The number of rotatable bonds is 9. The molecule has 1 aliphatic carbocycles. The van der Waals surface area contributed by atoms with Crippen molar-refractivity contribution < 1.29 is 31.1 Å². The van der Waals surface area contributed by atoms with E-state index in [2.05, 4.69) is 10.0 Å². The van der Waals surface area contributed by atoms with Crippen molar-refractivity contribution in [1.29, 1.82) is 0 Å². The number of hydrogen-bond acceptors (Lipinski definition) is 6.